The lowest BCUT2D eigenvalue weighted by Gasteiger charge is -2.23. The highest BCUT2D eigenvalue weighted by Crippen LogP contribution is 2.07. The Labute approximate surface area is 137 Å². The molecule has 0 radical (unpaired) electrons. The van der Waals surface area contributed by atoms with E-state index in [1.807, 2.05) is 13.8 Å². The van der Waals surface area contributed by atoms with Gasteiger partial charge in [-0.2, -0.15) is 12.6 Å². The number of ether oxygens (including phenoxy) is 1. The van der Waals surface area contributed by atoms with Gasteiger partial charge in [0.05, 0.1) is 0 Å². The quantitative estimate of drug-likeness (QED) is 0.542. The van der Waals surface area contributed by atoms with E-state index in [1.54, 1.807) is 27.7 Å². The Morgan fingerprint density at radius 1 is 1.00 bits per heavy atom. The average molecular weight is 333 g/mol. The zero-order valence-electron chi connectivity index (χ0n) is 14.0. The lowest BCUT2D eigenvalue weighted by Crippen LogP contribution is -2.54. The second-order valence-electron chi connectivity index (χ2n) is 6.27. The van der Waals surface area contributed by atoms with Gasteiger partial charge in [-0.05, 0) is 41.5 Å². The molecule has 3 amide bonds. The minimum atomic E-state index is -0.882. The molecule has 7 nitrogen and oxygen atoms in total. The van der Waals surface area contributed by atoms with Crippen LogP contribution in [0.3, 0.4) is 0 Å². The van der Waals surface area contributed by atoms with E-state index < -0.39 is 29.7 Å². The first kappa shape index (κ1) is 20.6. The number of nitrogens with one attached hydrogen (secondary N) is 3. The van der Waals surface area contributed by atoms with E-state index in [0.717, 1.165) is 0 Å². The molecular formula is C14H27N3O4S. The number of rotatable bonds is 6. The maximum Gasteiger partial charge on any atom is 0.408 e. The van der Waals surface area contributed by atoms with E-state index in [9.17, 15) is 14.4 Å². The fourth-order valence-electron chi connectivity index (χ4n) is 1.43. The molecular weight excluding hydrogens is 306 g/mol. The molecule has 0 aliphatic heterocycles. The van der Waals surface area contributed by atoms with Gasteiger partial charge in [-0.15, -0.1) is 0 Å². The fraction of sp³-hybridized carbons (Fsp3) is 0.786. The molecule has 0 saturated carbocycles. The smallest absolute Gasteiger partial charge is 0.408 e. The minimum Gasteiger partial charge on any atom is -0.444 e. The Balaban J connectivity index is 4.53. The van der Waals surface area contributed by atoms with Crippen molar-refractivity contribution in [3.63, 3.8) is 0 Å². The van der Waals surface area contributed by atoms with E-state index in [0.29, 0.717) is 0 Å². The lowest BCUT2D eigenvalue weighted by molar-refractivity contribution is -0.129. The standard InChI is InChI=1S/C14H27N3O4S/c1-8(2)15-11(18)9(3)16-12(19)10(7-22)17-13(20)21-14(4,5)6/h8-10,22H,7H2,1-6H3,(H,15,18)(H,16,19)(H,17,20). The normalized spacial score (nSPS) is 14.0. The molecule has 0 spiro atoms. The summed E-state index contributed by atoms with van der Waals surface area (Å²) in [5, 5.41) is 7.65. The highest BCUT2D eigenvalue weighted by Gasteiger charge is 2.25. The number of hydrogen-bond donors (Lipinski definition) is 4. The van der Waals surface area contributed by atoms with Gasteiger partial charge in [-0.3, -0.25) is 9.59 Å². The van der Waals surface area contributed by atoms with E-state index in [4.69, 9.17) is 4.74 Å². The summed E-state index contributed by atoms with van der Waals surface area (Å²) in [7, 11) is 0. The molecule has 8 heteroatoms. The molecule has 0 aromatic rings. The first-order valence-corrected chi connectivity index (χ1v) is 7.80. The maximum atomic E-state index is 12.1. The number of carbonyl (C=O) groups excluding carboxylic acids is 3. The van der Waals surface area contributed by atoms with Gasteiger partial charge in [0.15, 0.2) is 0 Å². The third kappa shape index (κ3) is 8.76. The summed E-state index contributed by atoms with van der Waals surface area (Å²) in [5.41, 5.74) is -0.661. The highest BCUT2D eigenvalue weighted by atomic mass is 32.1. The SMILES string of the molecule is CC(C)NC(=O)C(C)NC(=O)C(CS)NC(=O)OC(C)(C)C. The number of hydrogen-bond acceptors (Lipinski definition) is 5. The molecule has 0 rings (SSSR count). The molecule has 3 N–H and O–H groups in total. The third-order valence-electron chi connectivity index (χ3n) is 2.37. The molecule has 2 unspecified atom stereocenters. The average Bonchev–Trinajstić information content (AvgIpc) is 2.32. The molecule has 128 valence electrons. The Morgan fingerprint density at radius 3 is 1.95 bits per heavy atom. The van der Waals surface area contributed by atoms with Crippen LogP contribution in [0.15, 0.2) is 0 Å². The van der Waals surface area contributed by atoms with Gasteiger partial charge in [0.25, 0.3) is 0 Å². The lowest BCUT2D eigenvalue weighted by atomic mass is 10.2. The molecule has 0 aromatic carbocycles. The Hall–Kier alpha value is -1.44. The molecule has 0 aliphatic carbocycles. The predicted octanol–water partition coefficient (Wildman–Crippen LogP) is 0.839. The van der Waals surface area contributed by atoms with Crippen LogP contribution in [0, 0.1) is 0 Å². The summed E-state index contributed by atoms with van der Waals surface area (Å²) in [6, 6.07) is -1.61. The first-order chi connectivity index (χ1) is 9.96. The van der Waals surface area contributed by atoms with Crippen LogP contribution in [0.25, 0.3) is 0 Å². The summed E-state index contributed by atoms with van der Waals surface area (Å²) in [4.78, 5) is 35.5. The Morgan fingerprint density at radius 2 is 1.55 bits per heavy atom. The van der Waals surface area contributed by atoms with E-state index in [2.05, 4.69) is 28.6 Å². The van der Waals surface area contributed by atoms with Gasteiger partial charge in [0.1, 0.15) is 17.7 Å². The Kier molecular flexibility index (Phi) is 8.29. The molecule has 0 bridgehead atoms. The zero-order chi connectivity index (χ0) is 17.5. The monoisotopic (exact) mass is 333 g/mol. The van der Waals surface area contributed by atoms with Crippen LogP contribution in [0.2, 0.25) is 0 Å². The van der Waals surface area contributed by atoms with E-state index >= 15 is 0 Å². The molecule has 22 heavy (non-hydrogen) atoms. The van der Waals surface area contributed by atoms with Gasteiger partial charge in [-0.1, -0.05) is 0 Å². The third-order valence-corrected chi connectivity index (χ3v) is 2.74. The van der Waals surface area contributed by atoms with Gasteiger partial charge >= 0.3 is 6.09 Å². The number of alkyl carbamates (subject to hydrolysis) is 1. The molecule has 2 atom stereocenters. The Bertz CT molecular complexity index is 407. The van der Waals surface area contributed by atoms with Crippen molar-refractivity contribution in [1.29, 1.82) is 0 Å². The van der Waals surface area contributed by atoms with Crippen molar-refractivity contribution in [2.75, 3.05) is 5.75 Å². The van der Waals surface area contributed by atoms with Crippen molar-refractivity contribution in [1.82, 2.24) is 16.0 Å². The summed E-state index contributed by atoms with van der Waals surface area (Å²) in [6.07, 6.45) is -0.707. The second-order valence-corrected chi connectivity index (χ2v) is 6.64. The van der Waals surface area contributed by atoms with E-state index in [1.165, 1.54) is 0 Å². The molecule has 0 heterocycles. The van der Waals surface area contributed by atoms with E-state index in [-0.39, 0.29) is 17.7 Å². The summed E-state index contributed by atoms with van der Waals surface area (Å²) >= 11 is 4.04. The topological polar surface area (TPSA) is 96.5 Å². The van der Waals surface area contributed by atoms with Crippen molar-refractivity contribution in [3.8, 4) is 0 Å². The summed E-state index contributed by atoms with van der Waals surface area (Å²) in [5.74, 6) is -0.699. The maximum absolute atomic E-state index is 12.1. The van der Waals surface area contributed by atoms with Crippen molar-refractivity contribution in [3.05, 3.63) is 0 Å². The van der Waals surface area contributed by atoms with Crippen LogP contribution in [-0.4, -0.2) is 47.4 Å². The summed E-state index contributed by atoms with van der Waals surface area (Å²) < 4.78 is 5.08. The molecule has 0 saturated heterocycles. The van der Waals surface area contributed by atoms with Gasteiger partial charge in [0, 0.05) is 11.8 Å². The number of amides is 3. The molecule has 0 fully saturated rings. The first-order valence-electron chi connectivity index (χ1n) is 7.17. The van der Waals surface area contributed by atoms with Crippen molar-refractivity contribution >= 4 is 30.5 Å². The van der Waals surface area contributed by atoms with Crippen molar-refractivity contribution in [2.45, 2.75) is 65.3 Å². The highest BCUT2D eigenvalue weighted by molar-refractivity contribution is 7.80. The molecule has 0 aromatic heterocycles. The van der Waals surface area contributed by atoms with Crippen LogP contribution >= 0.6 is 12.6 Å². The van der Waals surface area contributed by atoms with Gasteiger partial charge in [-0.25, -0.2) is 4.79 Å². The zero-order valence-corrected chi connectivity index (χ0v) is 14.9. The van der Waals surface area contributed by atoms with Crippen LogP contribution in [-0.2, 0) is 14.3 Å². The minimum absolute atomic E-state index is 0.0209. The van der Waals surface area contributed by atoms with Crippen LogP contribution in [0.4, 0.5) is 4.79 Å². The van der Waals surface area contributed by atoms with Crippen LogP contribution < -0.4 is 16.0 Å². The van der Waals surface area contributed by atoms with Crippen molar-refractivity contribution in [2.24, 2.45) is 0 Å². The largest absolute Gasteiger partial charge is 0.444 e. The predicted molar refractivity (Wildman–Crippen MR) is 87.9 cm³/mol. The van der Waals surface area contributed by atoms with Crippen LogP contribution in [0.1, 0.15) is 41.5 Å². The van der Waals surface area contributed by atoms with Gasteiger partial charge in [0.2, 0.25) is 11.8 Å². The summed E-state index contributed by atoms with van der Waals surface area (Å²) in [6.45, 7) is 10.4. The van der Waals surface area contributed by atoms with Gasteiger partial charge < -0.3 is 20.7 Å². The second kappa shape index (κ2) is 8.87. The van der Waals surface area contributed by atoms with Crippen molar-refractivity contribution < 1.29 is 19.1 Å². The number of carbonyl (C=O) groups is 3. The molecule has 0 aliphatic rings. The number of thiol groups is 1. The fourth-order valence-corrected chi connectivity index (χ4v) is 1.69. The van der Waals surface area contributed by atoms with Crippen LogP contribution in [0.5, 0.6) is 0 Å².